The van der Waals surface area contributed by atoms with Crippen LogP contribution in [0.15, 0.2) is 12.2 Å². The van der Waals surface area contributed by atoms with E-state index >= 15 is 0 Å². The van der Waals surface area contributed by atoms with E-state index in [0.717, 1.165) is 6.42 Å². The van der Waals surface area contributed by atoms with Crippen molar-refractivity contribution in [3.05, 3.63) is 12.2 Å². The first-order valence-electron chi connectivity index (χ1n) is 5.44. The Balaban J connectivity index is 2.47. The Labute approximate surface area is 94.6 Å². The molecule has 2 rings (SSSR count). The van der Waals surface area contributed by atoms with Gasteiger partial charge in [-0.1, -0.05) is 19.1 Å². The van der Waals surface area contributed by atoms with Crippen LogP contribution in [0.2, 0.25) is 0 Å². The third-order valence-corrected chi connectivity index (χ3v) is 4.11. The average molecular weight is 224 g/mol. The Kier molecular flexibility index (Phi) is 2.52. The molecule has 0 heterocycles. The molecular formula is C12H16O4. The van der Waals surface area contributed by atoms with Crippen molar-refractivity contribution in [1.82, 2.24) is 0 Å². The van der Waals surface area contributed by atoms with Crippen LogP contribution >= 0.6 is 0 Å². The predicted octanol–water partition coefficient (Wildman–Crippen LogP) is 1.16. The van der Waals surface area contributed by atoms with Gasteiger partial charge in [0.2, 0.25) is 0 Å². The van der Waals surface area contributed by atoms with Gasteiger partial charge in [-0.15, -0.1) is 0 Å². The smallest absolute Gasteiger partial charge is 0.324 e. The Morgan fingerprint density at radius 3 is 2.12 bits per heavy atom. The van der Waals surface area contributed by atoms with Crippen LogP contribution in [0.1, 0.15) is 13.3 Å². The topological polar surface area (TPSA) is 52.6 Å². The van der Waals surface area contributed by atoms with E-state index in [9.17, 15) is 9.59 Å². The van der Waals surface area contributed by atoms with Crippen molar-refractivity contribution in [2.75, 3.05) is 14.2 Å². The summed E-state index contributed by atoms with van der Waals surface area (Å²) >= 11 is 0. The number of allylic oxidation sites excluding steroid dienone is 2. The van der Waals surface area contributed by atoms with Crippen molar-refractivity contribution in [2.45, 2.75) is 13.3 Å². The first-order valence-corrected chi connectivity index (χ1v) is 5.44. The van der Waals surface area contributed by atoms with Crippen molar-refractivity contribution >= 4 is 11.9 Å². The lowest BCUT2D eigenvalue weighted by Gasteiger charge is -2.34. The standard InChI is InChI=1S/C12H16O4/c1-7-8-4-5-9(6-8)12(7,10(13)15-2)11(14)16-3/h4-5,7-9H,6H2,1-3H3. The number of carbonyl (C=O) groups excluding carboxylic acids is 2. The van der Waals surface area contributed by atoms with E-state index in [0.29, 0.717) is 0 Å². The van der Waals surface area contributed by atoms with Crippen LogP contribution in [0.5, 0.6) is 0 Å². The van der Waals surface area contributed by atoms with E-state index in [1.807, 2.05) is 13.0 Å². The van der Waals surface area contributed by atoms with Crippen LogP contribution in [0.4, 0.5) is 0 Å². The SMILES string of the molecule is COC(=O)C1(C(=O)OC)C2C=CC(C2)C1C. The Morgan fingerprint density at radius 1 is 1.19 bits per heavy atom. The number of esters is 2. The molecule has 0 aromatic carbocycles. The minimum Gasteiger partial charge on any atom is -0.468 e. The maximum absolute atomic E-state index is 12.0. The van der Waals surface area contributed by atoms with Crippen molar-refractivity contribution in [3.8, 4) is 0 Å². The first-order chi connectivity index (χ1) is 7.58. The molecule has 2 aliphatic rings. The number of rotatable bonds is 2. The van der Waals surface area contributed by atoms with Crippen molar-refractivity contribution in [3.63, 3.8) is 0 Å². The lowest BCUT2D eigenvalue weighted by molar-refractivity contribution is -0.175. The summed E-state index contributed by atoms with van der Waals surface area (Å²) in [6, 6.07) is 0. The molecule has 16 heavy (non-hydrogen) atoms. The second-order valence-electron chi connectivity index (χ2n) is 4.53. The van der Waals surface area contributed by atoms with E-state index in [1.54, 1.807) is 0 Å². The summed E-state index contributed by atoms with van der Waals surface area (Å²) < 4.78 is 9.62. The summed E-state index contributed by atoms with van der Waals surface area (Å²) in [6.07, 6.45) is 4.86. The van der Waals surface area contributed by atoms with Gasteiger partial charge in [0.05, 0.1) is 14.2 Å². The maximum Gasteiger partial charge on any atom is 0.324 e. The highest BCUT2D eigenvalue weighted by Crippen LogP contribution is 2.57. The van der Waals surface area contributed by atoms with Crippen LogP contribution in [-0.4, -0.2) is 26.2 Å². The molecule has 88 valence electrons. The lowest BCUT2D eigenvalue weighted by Crippen LogP contribution is -2.49. The zero-order valence-corrected chi connectivity index (χ0v) is 9.73. The van der Waals surface area contributed by atoms with Gasteiger partial charge in [-0.3, -0.25) is 9.59 Å². The molecule has 0 saturated heterocycles. The minimum atomic E-state index is -1.12. The monoisotopic (exact) mass is 224 g/mol. The predicted molar refractivity (Wildman–Crippen MR) is 56.4 cm³/mol. The Morgan fingerprint density at radius 2 is 1.75 bits per heavy atom. The molecule has 0 aromatic rings. The molecule has 0 aliphatic heterocycles. The number of carbonyl (C=O) groups is 2. The normalized spacial score (nSPS) is 33.8. The van der Waals surface area contributed by atoms with Gasteiger partial charge in [0.15, 0.2) is 5.41 Å². The second-order valence-corrected chi connectivity index (χ2v) is 4.53. The van der Waals surface area contributed by atoms with Crippen LogP contribution < -0.4 is 0 Å². The third kappa shape index (κ3) is 1.10. The van der Waals surface area contributed by atoms with Gasteiger partial charge in [0.25, 0.3) is 0 Å². The van der Waals surface area contributed by atoms with Crippen LogP contribution in [0.3, 0.4) is 0 Å². The van der Waals surface area contributed by atoms with Crippen molar-refractivity contribution in [1.29, 1.82) is 0 Å². The number of methoxy groups -OCH3 is 2. The van der Waals surface area contributed by atoms with Gasteiger partial charge >= 0.3 is 11.9 Å². The average Bonchev–Trinajstić information content (AvgIpc) is 2.87. The van der Waals surface area contributed by atoms with E-state index in [4.69, 9.17) is 9.47 Å². The molecule has 3 atom stereocenters. The van der Waals surface area contributed by atoms with E-state index in [-0.39, 0.29) is 17.8 Å². The van der Waals surface area contributed by atoms with Gasteiger partial charge in [-0.25, -0.2) is 0 Å². The van der Waals surface area contributed by atoms with Gasteiger partial charge in [-0.05, 0) is 18.3 Å². The molecule has 4 nitrogen and oxygen atoms in total. The summed E-state index contributed by atoms with van der Waals surface area (Å²) in [6.45, 7) is 1.92. The fraction of sp³-hybridized carbons (Fsp3) is 0.667. The number of hydrogen-bond donors (Lipinski definition) is 0. The fourth-order valence-corrected chi connectivity index (χ4v) is 3.21. The quantitative estimate of drug-likeness (QED) is 0.401. The summed E-state index contributed by atoms with van der Waals surface area (Å²) in [5.74, 6) is -0.787. The first kappa shape index (κ1) is 11.2. The Bertz CT molecular complexity index is 342. The highest BCUT2D eigenvalue weighted by molar-refractivity contribution is 6.01. The molecule has 1 fully saturated rings. The van der Waals surface area contributed by atoms with Crippen molar-refractivity contribution in [2.24, 2.45) is 23.2 Å². The van der Waals surface area contributed by atoms with Gasteiger partial charge in [-0.2, -0.15) is 0 Å². The molecule has 2 aliphatic carbocycles. The maximum atomic E-state index is 12.0. The zero-order valence-electron chi connectivity index (χ0n) is 9.73. The Hall–Kier alpha value is -1.32. The molecule has 2 bridgehead atoms. The lowest BCUT2D eigenvalue weighted by atomic mass is 9.69. The summed E-state index contributed by atoms with van der Waals surface area (Å²) in [5, 5.41) is 0. The summed E-state index contributed by atoms with van der Waals surface area (Å²) in [5.41, 5.74) is -1.12. The van der Waals surface area contributed by atoms with E-state index < -0.39 is 17.4 Å². The molecule has 0 aromatic heterocycles. The molecule has 0 spiro atoms. The van der Waals surface area contributed by atoms with Crippen LogP contribution in [0.25, 0.3) is 0 Å². The number of ether oxygens (including phenoxy) is 2. The molecule has 3 unspecified atom stereocenters. The highest BCUT2D eigenvalue weighted by Gasteiger charge is 2.65. The second kappa shape index (κ2) is 3.61. The minimum absolute atomic E-state index is 0.0533. The molecular weight excluding hydrogens is 208 g/mol. The molecule has 0 amide bonds. The molecule has 0 radical (unpaired) electrons. The van der Waals surface area contributed by atoms with Gasteiger partial charge < -0.3 is 9.47 Å². The highest BCUT2D eigenvalue weighted by atomic mass is 16.5. The fourth-order valence-electron chi connectivity index (χ4n) is 3.21. The molecule has 1 saturated carbocycles. The number of fused-ring (bicyclic) bond motifs is 2. The van der Waals surface area contributed by atoms with Gasteiger partial charge in [0.1, 0.15) is 0 Å². The van der Waals surface area contributed by atoms with Crippen molar-refractivity contribution < 1.29 is 19.1 Å². The zero-order chi connectivity index (χ0) is 11.9. The third-order valence-electron chi connectivity index (χ3n) is 4.11. The summed E-state index contributed by atoms with van der Waals surface area (Å²) in [4.78, 5) is 24.0. The van der Waals surface area contributed by atoms with Gasteiger partial charge in [0, 0.05) is 5.92 Å². The van der Waals surface area contributed by atoms with Crippen LogP contribution in [-0.2, 0) is 19.1 Å². The number of hydrogen-bond acceptors (Lipinski definition) is 4. The molecule has 4 heteroatoms. The van der Waals surface area contributed by atoms with Crippen LogP contribution in [0, 0.1) is 23.2 Å². The summed E-state index contributed by atoms with van der Waals surface area (Å²) in [7, 11) is 2.63. The largest absolute Gasteiger partial charge is 0.468 e. The molecule has 0 N–H and O–H groups in total. The van der Waals surface area contributed by atoms with E-state index in [2.05, 4.69) is 6.08 Å². The van der Waals surface area contributed by atoms with E-state index in [1.165, 1.54) is 14.2 Å².